The van der Waals surface area contributed by atoms with Crippen molar-refractivity contribution in [1.82, 2.24) is 9.80 Å². The summed E-state index contributed by atoms with van der Waals surface area (Å²) >= 11 is 0. The Morgan fingerprint density at radius 3 is 2.13 bits per heavy atom. The number of hydrogen-bond donors (Lipinski definition) is 1. The summed E-state index contributed by atoms with van der Waals surface area (Å²) in [6.07, 6.45) is 5.24. The van der Waals surface area contributed by atoms with Gasteiger partial charge in [-0.2, -0.15) is 0 Å². The summed E-state index contributed by atoms with van der Waals surface area (Å²) < 4.78 is 11.1. The molecule has 1 unspecified atom stereocenters. The molecule has 0 aromatic heterocycles. The maximum atomic E-state index is 13.4. The average molecular weight is 523 g/mol. The van der Waals surface area contributed by atoms with Crippen molar-refractivity contribution in [1.29, 1.82) is 0 Å². The first-order valence-electron chi connectivity index (χ1n) is 13.7. The maximum absolute atomic E-state index is 13.4. The van der Waals surface area contributed by atoms with E-state index in [1.807, 2.05) is 19.1 Å². The number of benzene rings is 2. The van der Waals surface area contributed by atoms with Crippen LogP contribution in [0.1, 0.15) is 68.7 Å². The van der Waals surface area contributed by atoms with Gasteiger partial charge in [0.15, 0.2) is 0 Å². The largest absolute Gasteiger partial charge is 0.507 e. The number of methoxy groups -OCH3 is 2. The van der Waals surface area contributed by atoms with Crippen LogP contribution < -0.4 is 9.47 Å². The monoisotopic (exact) mass is 522 g/mol. The summed E-state index contributed by atoms with van der Waals surface area (Å²) in [6, 6.07) is 11.8. The number of carbonyl (C=O) groups excluding carboxylic acids is 2. The lowest BCUT2D eigenvalue weighted by Gasteiger charge is -2.28. The van der Waals surface area contributed by atoms with Gasteiger partial charge in [-0.15, -0.1) is 0 Å². The summed E-state index contributed by atoms with van der Waals surface area (Å²) in [5.41, 5.74) is 2.20. The highest BCUT2D eigenvalue weighted by atomic mass is 16.5. The first-order chi connectivity index (χ1) is 18.4. The number of nitrogens with zero attached hydrogens (tertiary/aromatic N) is 2. The minimum Gasteiger partial charge on any atom is -0.507 e. The van der Waals surface area contributed by atoms with Gasteiger partial charge in [-0.3, -0.25) is 9.59 Å². The lowest BCUT2D eigenvalue weighted by molar-refractivity contribution is -0.140. The fraction of sp³-hybridized carbons (Fsp3) is 0.484. The van der Waals surface area contributed by atoms with Crippen LogP contribution in [0.15, 0.2) is 48.0 Å². The number of carbonyl (C=O) groups is 2. The van der Waals surface area contributed by atoms with Crippen molar-refractivity contribution in [2.75, 3.05) is 40.4 Å². The molecule has 206 valence electrons. The van der Waals surface area contributed by atoms with Crippen LogP contribution in [0.4, 0.5) is 0 Å². The van der Waals surface area contributed by atoms with Crippen LogP contribution in [0, 0.1) is 6.92 Å². The highest BCUT2D eigenvalue weighted by Crippen LogP contribution is 2.44. The zero-order valence-corrected chi connectivity index (χ0v) is 23.5. The number of amides is 1. The van der Waals surface area contributed by atoms with Gasteiger partial charge >= 0.3 is 0 Å². The van der Waals surface area contributed by atoms with Crippen LogP contribution in [-0.4, -0.2) is 67.0 Å². The van der Waals surface area contributed by atoms with Crippen molar-refractivity contribution in [2.24, 2.45) is 0 Å². The molecule has 1 atom stereocenters. The van der Waals surface area contributed by atoms with E-state index in [2.05, 4.69) is 18.7 Å². The van der Waals surface area contributed by atoms with Crippen molar-refractivity contribution in [3.8, 4) is 11.5 Å². The predicted octanol–water partition coefficient (Wildman–Crippen LogP) is 5.73. The van der Waals surface area contributed by atoms with E-state index < -0.39 is 17.7 Å². The number of likely N-dealkylation sites (tertiary alicyclic amines) is 1. The van der Waals surface area contributed by atoms with E-state index in [-0.39, 0.29) is 11.3 Å². The number of ether oxygens (including phenoxy) is 2. The maximum Gasteiger partial charge on any atom is 0.295 e. The SMILES string of the molecule is CCCCN(CCCC)CCCN1C(=O)C(=O)/C(=C(\O)c2ccc(C)cc2)C1c1cc(OC)ccc1OC. The van der Waals surface area contributed by atoms with E-state index in [9.17, 15) is 14.7 Å². The number of hydrogen-bond acceptors (Lipinski definition) is 6. The van der Waals surface area contributed by atoms with Gasteiger partial charge in [-0.25, -0.2) is 0 Å². The van der Waals surface area contributed by atoms with E-state index >= 15 is 0 Å². The smallest absolute Gasteiger partial charge is 0.295 e. The van der Waals surface area contributed by atoms with Gasteiger partial charge in [0.25, 0.3) is 11.7 Å². The zero-order valence-electron chi connectivity index (χ0n) is 23.5. The van der Waals surface area contributed by atoms with E-state index in [0.717, 1.165) is 50.9 Å². The molecule has 0 spiro atoms. The third kappa shape index (κ3) is 6.76. The van der Waals surface area contributed by atoms with Crippen LogP contribution in [0.3, 0.4) is 0 Å². The van der Waals surface area contributed by atoms with Gasteiger partial charge in [0.05, 0.1) is 25.8 Å². The summed E-state index contributed by atoms with van der Waals surface area (Å²) in [6.45, 7) is 9.60. The van der Waals surface area contributed by atoms with E-state index in [1.54, 1.807) is 49.5 Å². The number of ketones is 1. The summed E-state index contributed by atoms with van der Waals surface area (Å²) in [5, 5.41) is 11.3. The minimum atomic E-state index is -0.791. The Morgan fingerprint density at radius 1 is 0.921 bits per heavy atom. The normalized spacial score (nSPS) is 16.9. The second-order valence-electron chi connectivity index (χ2n) is 9.87. The average Bonchev–Trinajstić information content (AvgIpc) is 3.18. The molecule has 7 heteroatoms. The molecule has 1 fully saturated rings. The Bertz CT molecular complexity index is 1120. The standard InChI is InChI=1S/C31H42N2O5/c1-6-8-17-32(18-9-7-2)19-10-20-33-28(25-21-24(37-4)15-16-26(25)38-5)27(30(35)31(33)36)29(34)23-13-11-22(3)12-14-23/h11-16,21,28,34H,6-10,17-20H2,1-5H3/b29-27-. The first kappa shape index (κ1) is 29.2. The molecule has 1 aliphatic rings. The Labute approximate surface area is 227 Å². The van der Waals surface area contributed by atoms with Gasteiger partial charge in [0.1, 0.15) is 17.3 Å². The summed E-state index contributed by atoms with van der Waals surface area (Å²) in [5.74, 6) is -0.390. The molecule has 3 rings (SSSR count). The van der Waals surface area contributed by atoms with Crippen molar-refractivity contribution in [3.05, 3.63) is 64.7 Å². The molecule has 1 aliphatic heterocycles. The van der Waals surface area contributed by atoms with Crippen molar-refractivity contribution >= 4 is 17.4 Å². The summed E-state index contributed by atoms with van der Waals surface area (Å²) in [7, 11) is 3.12. The predicted molar refractivity (Wildman–Crippen MR) is 151 cm³/mol. The molecule has 1 N–H and O–H groups in total. The summed E-state index contributed by atoms with van der Waals surface area (Å²) in [4.78, 5) is 30.9. The van der Waals surface area contributed by atoms with Crippen LogP contribution >= 0.6 is 0 Å². The minimum absolute atomic E-state index is 0.0687. The van der Waals surface area contributed by atoms with Crippen LogP contribution in [0.2, 0.25) is 0 Å². The molecule has 1 amide bonds. The molecular formula is C31H42N2O5. The third-order valence-electron chi connectivity index (χ3n) is 7.13. The lowest BCUT2D eigenvalue weighted by Crippen LogP contribution is -2.34. The van der Waals surface area contributed by atoms with E-state index in [0.29, 0.717) is 35.6 Å². The zero-order chi connectivity index (χ0) is 27.7. The van der Waals surface area contributed by atoms with Crippen LogP contribution in [0.5, 0.6) is 11.5 Å². The Hall–Kier alpha value is -3.32. The molecule has 0 saturated carbocycles. The fourth-order valence-electron chi connectivity index (χ4n) is 4.92. The molecule has 38 heavy (non-hydrogen) atoms. The van der Waals surface area contributed by atoms with Gasteiger partial charge in [-0.1, -0.05) is 56.5 Å². The second kappa shape index (κ2) is 14.0. The van der Waals surface area contributed by atoms with Crippen LogP contribution in [0.25, 0.3) is 5.76 Å². The number of aryl methyl sites for hydroxylation is 1. The van der Waals surface area contributed by atoms with Gasteiger partial charge in [0.2, 0.25) is 0 Å². The van der Waals surface area contributed by atoms with Gasteiger partial charge in [-0.05, 0) is 64.0 Å². The Kier molecular flexibility index (Phi) is 10.8. The fourth-order valence-corrected chi connectivity index (χ4v) is 4.92. The number of aliphatic hydroxyl groups excluding tert-OH is 1. The van der Waals surface area contributed by atoms with Crippen LogP contribution in [-0.2, 0) is 9.59 Å². The number of unbranched alkanes of at least 4 members (excludes halogenated alkanes) is 2. The van der Waals surface area contributed by atoms with Crippen molar-refractivity contribution in [2.45, 2.75) is 58.9 Å². The number of aliphatic hydroxyl groups is 1. The van der Waals surface area contributed by atoms with Gasteiger partial charge < -0.3 is 24.4 Å². The molecule has 0 aliphatic carbocycles. The number of Topliss-reactive ketones (excluding diaryl/α,β-unsaturated/α-hetero) is 1. The van der Waals surface area contributed by atoms with Crippen molar-refractivity contribution < 1.29 is 24.2 Å². The second-order valence-corrected chi connectivity index (χ2v) is 9.87. The molecule has 1 heterocycles. The molecule has 1 saturated heterocycles. The Balaban J connectivity index is 2.02. The van der Waals surface area contributed by atoms with Gasteiger partial charge in [0, 0.05) is 17.7 Å². The molecule has 0 bridgehead atoms. The lowest BCUT2D eigenvalue weighted by atomic mass is 9.94. The molecule has 7 nitrogen and oxygen atoms in total. The quantitative estimate of drug-likeness (QED) is 0.194. The van der Waals surface area contributed by atoms with E-state index in [1.165, 1.54) is 0 Å². The highest BCUT2D eigenvalue weighted by Gasteiger charge is 2.47. The molecule has 2 aromatic carbocycles. The first-order valence-corrected chi connectivity index (χ1v) is 13.7. The Morgan fingerprint density at radius 2 is 1.55 bits per heavy atom. The molecule has 0 radical (unpaired) electrons. The molecular weight excluding hydrogens is 480 g/mol. The third-order valence-corrected chi connectivity index (χ3v) is 7.13. The molecule has 2 aromatic rings. The van der Waals surface area contributed by atoms with Crippen molar-refractivity contribution in [3.63, 3.8) is 0 Å². The highest BCUT2D eigenvalue weighted by molar-refractivity contribution is 6.46. The van der Waals surface area contributed by atoms with E-state index in [4.69, 9.17) is 9.47 Å². The topological polar surface area (TPSA) is 79.3 Å². The number of rotatable bonds is 14.